The maximum absolute atomic E-state index is 12.8. The highest BCUT2D eigenvalue weighted by atomic mass is 31.2. The third-order valence-corrected chi connectivity index (χ3v) is 14.0. The van der Waals surface area contributed by atoms with Crippen molar-refractivity contribution < 1.29 is 42.1 Å². The molecule has 9 nitrogen and oxygen atoms in total. The van der Waals surface area contributed by atoms with E-state index in [9.17, 15) is 19.0 Å². The van der Waals surface area contributed by atoms with Crippen LogP contribution in [0.3, 0.4) is 0 Å². The van der Waals surface area contributed by atoms with Crippen LogP contribution in [-0.4, -0.2) is 70.0 Å². The topological polar surface area (TPSA) is 111 Å². The first-order valence-corrected chi connectivity index (χ1v) is 31.5. The molecule has 0 saturated heterocycles. The number of hydrogen-bond acceptors (Lipinski definition) is 8. The standard InChI is InChI=1S/C62H114NO8P/c1-6-8-10-12-14-16-18-20-21-22-23-24-25-26-27-28-29-30-31-32-33-34-35-36-37-38-39-40-41-43-45-47-49-51-53-55-62(65)71-60(59-70-72(66,67)69-57-56-63(3,4)5)58-68-61(64)54-52-50-48-46-44-42-19-17-15-13-11-9-7-2/h8,10,14,16-17,19-21,23-24,60H,6-7,9,11-13,15,18,22,25-59H2,1-5H3/b10-8-,16-14-,19-17-,21-20-,24-23-. The molecule has 0 amide bonds. The molecule has 0 radical (unpaired) electrons. The zero-order valence-electron chi connectivity index (χ0n) is 47.6. The lowest BCUT2D eigenvalue weighted by Crippen LogP contribution is -2.37. The first-order chi connectivity index (χ1) is 35.0. The second-order valence-electron chi connectivity index (χ2n) is 21.3. The van der Waals surface area contributed by atoms with Crippen molar-refractivity contribution in [1.82, 2.24) is 0 Å². The van der Waals surface area contributed by atoms with Gasteiger partial charge in [-0.1, -0.05) is 242 Å². The Labute approximate surface area is 445 Å². The number of quaternary nitrogens is 1. The smallest absolute Gasteiger partial charge is 0.306 e. The van der Waals surface area contributed by atoms with E-state index in [2.05, 4.69) is 74.6 Å². The number of carbonyl (C=O) groups excluding carboxylic acids is 2. The molecule has 0 bridgehead atoms. The molecule has 0 rings (SSSR count). The fourth-order valence-corrected chi connectivity index (χ4v) is 9.14. The van der Waals surface area contributed by atoms with E-state index in [0.717, 1.165) is 83.5 Å². The van der Waals surface area contributed by atoms with Crippen LogP contribution in [0.2, 0.25) is 0 Å². The van der Waals surface area contributed by atoms with Crippen LogP contribution >= 0.6 is 7.82 Å². The van der Waals surface area contributed by atoms with Crippen LogP contribution in [0.15, 0.2) is 60.8 Å². The minimum atomic E-state index is -4.63. The van der Waals surface area contributed by atoms with Crippen molar-refractivity contribution >= 4 is 19.8 Å². The lowest BCUT2D eigenvalue weighted by molar-refractivity contribution is -0.870. The highest BCUT2D eigenvalue weighted by molar-refractivity contribution is 7.45. The summed E-state index contributed by atoms with van der Waals surface area (Å²) in [6.45, 7) is 4.12. The average Bonchev–Trinajstić information content (AvgIpc) is 3.34. The van der Waals surface area contributed by atoms with E-state index < -0.39 is 26.5 Å². The van der Waals surface area contributed by atoms with Crippen LogP contribution in [0.4, 0.5) is 0 Å². The molecule has 10 heteroatoms. The maximum atomic E-state index is 12.8. The van der Waals surface area contributed by atoms with Gasteiger partial charge in [-0.2, -0.15) is 0 Å². The predicted octanol–water partition coefficient (Wildman–Crippen LogP) is 18.1. The lowest BCUT2D eigenvalue weighted by Gasteiger charge is -2.28. The minimum absolute atomic E-state index is 0.0313. The summed E-state index contributed by atoms with van der Waals surface area (Å²) < 4.78 is 34.1. The van der Waals surface area contributed by atoms with Gasteiger partial charge < -0.3 is 27.9 Å². The van der Waals surface area contributed by atoms with Gasteiger partial charge in [0.2, 0.25) is 0 Å². The molecule has 2 atom stereocenters. The van der Waals surface area contributed by atoms with Crippen LogP contribution < -0.4 is 4.89 Å². The average molecular weight is 1030 g/mol. The Morgan fingerprint density at radius 3 is 1.19 bits per heavy atom. The molecule has 0 N–H and O–H groups in total. The van der Waals surface area contributed by atoms with Crippen molar-refractivity contribution in [2.24, 2.45) is 0 Å². The summed E-state index contributed by atoms with van der Waals surface area (Å²) in [5.41, 5.74) is 0. The number of carbonyl (C=O) groups is 2. The number of phosphoric ester groups is 1. The lowest BCUT2D eigenvalue weighted by atomic mass is 10.0. The van der Waals surface area contributed by atoms with E-state index >= 15 is 0 Å². The number of esters is 2. The Morgan fingerprint density at radius 2 is 0.792 bits per heavy atom. The molecule has 0 aliphatic heterocycles. The molecule has 0 aromatic carbocycles. The molecule has 0 aromatic heterocycles. The monoisotopic (exact) mass is 1030 g/mol. The molecule has 420 valence electrons. The number of ether oxygens (including phenoxy) is 2. The summed E-state index contributed by atoms with van der Waals surface area (Å²) in [5, 5.41) is 0. The molecular formula is C62H114NO8P. The number of unbranched alkanes of at least 4 members (excludes halogenated alkanes) is 31. The van der Waals surface area contributed by atoms with Gasteiger partial charge in [0.05, 0.1) is 27.7 Å². The van der Waals surface area contributed by atoms with E-state index in [0.29, 0.717) is 17.4 Å². The zero-order valence-corrected chi connectivity index (χ0v) is 48.5. The summed E-state index contributed by atoms with van der Waals surface area (Å²) in [6, 6.07) is 0. The van der Waals surface area contributed by atoms with Crippen molar-refractivity contribution in [3.63, 3.8) is 0 Å². The second kappa shape index (κ2) is 53.5. The van der Waals surface area contributed by atoms with Gasteiger partial charge in [-0.05, 0) is 77.0 Å². The fourth-order valence-electron chi connectivity index (χ4n) is 8.41. The molecule has 0 aliphatic rings. The molecule has 72 heavy (non-hydrogen) atoms. The molecule has 0 aromatic rings. The molecule has 2 unspecified atom stereocenters. The largest absolute Gasteiger partial charge is 0.756 e. The SMILES string of the molecule is CC/C=C\C/C=C\C/C=C\C/C=C\CCCCCCCCCCCCCCCCCCCCCCCCC(=O)OC(COC(=O)CCCCCCC/C=C\CCCCCC)COP(=O)([O-])OCC[N+](C)(C)C. The third-order valence-electron chi connectivity index (χ3n) is 13.0. The van der Waals surface area contributed by atoms with E-state index in [1.165, 1.54) is 154 Å². The summed E-state index contributed by atoms with van der Waals surface area (Å²) in [6.07, 6.45) is 68.6. The Morgan fingerprint density at radius 1 is 0.444 bits per heavy atom. The van der Waals surface area contributed by atoms with Crippen molar-refractivity contribution in [2.45, 2.75) is 277 Å². The maximum Gasteiger partial charge on any atom is 0.306 e. The highest BCUT2D eigenvalue weighted by Crippen LogP contribution is 2.38. The van der Waals surface area contributed by atoms with Crippen molar-refractivity contribution in [3.8, 4) is 0 Å². The molecule has 0 aliphatic carbocycles. The number of nitrogens with zero attached hydrogens (tertiary/aromatic N) is 1. The molecule has 0 saturated carbocycles. The Bertz CT molecular complexity index is 1400. The zero-order chi connectivity index (χ0) is 52.7. The van der Waals surface area contributed by atoms with Crippen molar-refractivity contribution in [3.05, 3.63) is 60.8 Å². The van der Waals surface area contributed by atoms with Gasteiger partial charge in [-0.15, -0.1) is 0 Å². The van der Waals surface area contributed by atoms with Gasteiger partial charge in [0.25, 0.3) is 7.82 Å². The van der Waals surface area contributed by atoms with Gasteiger partial charge in [0.15, 0.2) is 6.10 Å². The summed E-state index contributed by atoms with van der Waals surface area (Å²) in [4.78, 5) is 37.8. The van der Waals surface area contributed by atoms with Crippen LogP contribution in [0.1, 0.15) is 271 Å². The van der Waals surface area contributed by atoms with Crippen LogP contribution in [0.5, 0.6) is 0 Å². The fraction of sp³-hybridized carbons (Fsp3) is 0.806. The Kier molecular flexibility index (Phi) is 51.8. The Balaban J connectivity index is 3.96. The van der Waals surface area contributed by atoms with Gasteiger partial charge >= 0.3 is 11.9 Å². The Hall–Kier alpha value is -2.29. The van der Waals surface area contributed by atoms with E-state index in [1.807, 2.05) is 21.1 Å². The second-order valence-corrected chi connectivity index (χ2v) is 22.7. The van der Waals surface area contributed by atoms with Gasteiger partial charge in [0, 0.05) is 12.8 Å². The quantitative estimate of drug-likeness (QED) is 0.0195. The summed E-state index contributed by atoms with van der Waals surface area (Å²) >= 11 is 0. The number of phosphoric acid groups is 1. The molecule has 0 heterocycles. The third kappa shape index (κ3) is 57.0. The van der Waals surface area contributed by atoms with Crippen molar-refractivity contribution in [1.29, 1.82) is 0 Å². The highest BCUT2D eigenvalue weighted by Gasteiger charge is 2.22. The normalized spacial score (nSPS) is 13.7. The molecule has 0 spiro atoms. The number of allylic oxidation sites excluding steroid dienone is 10. The van der Waals surface area contributed by atoms with Gasteiger partial charge in [0.1, 0.15) is 19.8 Å². The van der Waals surface area contributed by atoms with Crippen molar-refractivity contribution in [2.75, 3.05) is 47.5 Å². The van der Waals surface area contributed by atoms with Gasteiger partial charge in [-0.3, -0.25) is 14.2 Å². The van der Waals surface area contributed by atoms with Crippen LogP contribution in [-0.2, 0) is 32.7 Å². The minimum Gasteiger partial charge on any atom is -0.756 e. The van der Waals surface area contributed by atoms with E-state index in [4.69, 9.17) is 18.5 Å². The van der Waals surface area contributed by atoms with Gasteiger partial charge in [-0.25, -0.2) is 0 Å². The number of hydrogen-bond donors (Lipinski definition) is 0. The van der Waals surface area contributed by atoms with Crippen LogP contribution in [0.25, 0.3) is 0 Å². The van der Waals surface area contributed by atoms with E-state index in [1.54, 1.807) is 0 Å². The molecular weight excluding hydrogens is 918 g/mol. The molecule has 0 fully saturated rings. The summed E-state index contributed by atoms with van der Waals surface area (Å²) in [7, 11) is 1.17. The predicted molar refractivity (Wildman–Crippen MR) is 305 cm³/mol. The number of likely N-dealkylation sites (N-methyl/N-ethyl adjacent to an activating group) is 1. The van der Waals surface area contributed by atoms with E-state index in [-0.39, 0.29) is 32.0 Å². The summed E-state index contributed by atoms with van der Waals surface area (Å²) in [5.74, 6) is -0.834. The first-order valence-electron chi connectivity index (χ1n) is 30.0. The van der Waals surface area contributed by atoms with Crippen LogP contribution in [0, 0.1) is 0 Å². The number of rotatable bonds is 55. The first kappa shape index (κ1) is 69.7.